The molecule has 5 N–H and O–H groups in total. The molecule has 1 atom stereocenters. The normalized spacial score (nSPS) is 15.5. The van der Waals surface area contributed by atoms with Crippen LogP contribution < -0.4 is 21.1 Å². The van der Waals surface area contributed by atoms with Crippen molar-refractivity contribution in [3.05, 3.63) is 58.1 Å². The van der Waals surface area contributed by atoms with Crippen LogP contribution in [-0.2, 0) is 0 Å². The average molecular weight is 497 g/mol. The summed E-state index contributed by atoms with van der Waals surface area (Å²) in [6.07, 6.45) is 0.306. The van der Waals surface area contributed by atoms with Crippen molar-refractivity contribution in [3.63, 3.8) is 0 Å². The number of piperidine rings is 1. The second-order valence-corrected chi connectivity index (χ2v) is 8.61. The predicted molar refractivity (Wildman–Crippen MR) is 124 cm³/mol. The number of carbonyl (C=O) groups is 2. The Hall–Kier alpha value is -3.11. The average Bonchev–Trinajstić information content (AvgIpc) is 2.81. The molecule has 1 aliphatic rings. The summed E-state index contributed by atoms with van der Waals surface area (Å²) in [5.74, 6) is -1.76. The molecule has 1 heterocycles. The Morgan fingerprint density at radius 1 is 1.24 bits per heavy atom. The van der Waals surface area contributed by atoms with Crippen molar-refractivity contribution in [2.75, 3.05) is 39.0 Å². The van der Waals surface area contributed by atoms with Crippen LogP contribution in [0.15, 0.2) is 30.3 Å². The lowest BCUT2D eigenvalue weighted by Crippen LogP contribution is -2.43. The van der Waals surface area contributed by atoms with Gasteiger partial charge in [0.1, 0.15) is 5.75 Å². The summed E-state index contributed by atoms with van der Waals surface area (Å²) in [4.78, 5) is 25.9. The summed E-state index contributed by atoms with van der Waals surface area (Å²) in [6, 6.07) is 5.65. The lowest BCUT2D eigenvalue weighted by atomic mass is 9.95. The smallest absolute Gasteiger partial charge is 0.405 e. The van der Waals surface area contributed by atoms with Gasteiger partial charge in [-0.3, -0.25) is 4.79 Å². The first-order valence-electron chi connectivity index (χ1n) is 10.8. The van der Waals surface area contributed by atoms with Crippen LogP contribution in [0.5, 0.6) is 5.75 Å². The van der Waals surface area contributed by atoms with Crippen molar-refractivity contribution in [1.82, 2.24) is 15.5 Å². The number of anilines is 1. The number of rotatable bonds is 8. The number of carbonyl (C=O) groups excluding carboxylic acids is 1. The Morgan fingerprint density at radius 3 is 2.56 bits per heavy atom. The van der Waals surface area contributed by atoms with E-state index in [2.05, 4.69) is 15.5 Å². The van der Waals surface area contributed by atoms with Crippen molar-refractivity contribution >= 4 is 29.3 Å². The van der Waals surface area contributed by atoms with Crippen molar-refractivity contribution in [1.29, 1.82) is 0 Å². The van der Waals surface area contributed by atoms with E-state index in [1.165, 1.54) is 25.3 Å². The molecule has 2 amide bonds. The minimum absolute atomic E-state index is 0.226. The summed E-state index contributed by atoms with van der Waals surface area (Å²) in [5.41, 5.74) is 6.73. The van der Waals surface area contributed by atoms with E-state index in [0.29, 0.717) is 48.7 Å². The van der Waals surface area contributed by atoms with Crippen LogP contribution >= 0.6 is 11.6 Å². The van der Waals surface area contributed by atoms with Crippen LogP contribution in [0.1, 0.15) is 34.8 Å². The summed E-state index contributed by atoms with van der Waals surface area (Å²) in [6.45, 7) is 2.10. The number of methoxy groups -OCH3 is 1. The highest BCUT2D eigenvalue weighted by molar-refractivity contribution is 6.33. The van der Waals surface area contributed by atoms with Gasteiger partial charge in [-0.1, -0.05) is 17.7 Å². The van der Waals surface area contributed by atoms with E-state index in [0.717, 1.165) is 25.0 Å². The summed E-state index contributed by atoms with van der Waals surface area (Å²) < 4.78 is 32.1. The highest BCUT2D eigenvalue weighted by atomic mass is 35.5. The number of likely N-dealkylation sites (tertiary alicyclic amines) is 1. The van der Waals surface area contributed by atoms with Crippen LogP contribution in [-0.4, -0.2) is 55.3 Å². The number of nitrogen functional groups attached to an aromatic ring is 1. The van der Waals surface area contributed by atoms with Crippen LogP contribution in [0.25, 0.3) is 0 Å². The van der Waals surface area contributed by atoms with Gasteiger partial charge in [-0.25, -0.2) is 13.6 Å². The third-order valence-electron chi connectivity index (χ3n) is 5.91. The largest absolute Gasteiger partial charge is 0.496 e. The maximum absolute atomic E-state index is 13.6. The number of nitrogens with two attached hydrogens (primary N) is 1. The van der Waals surface area contributed by atoms with E-state index < -0.39 is 23.8 Å². The van der Waals surface area contributed by atoms with E-state index in [9.17, 15) is 18.4 Å². The van der Waals surface area contributed by atoms with Crippen LogP contribution in [0.3, 0.4) is 0 Å². The number of benzene rings is 2. The predicted octanol–water partition coefficient (Wildman–Crippen LogP) is 3.66. The molecule has 34 heavy (non-hydrogen) atoms. The fraction of sp³-hybridized carbons (Fsp3) is 0.391. The fourth-order valence-electron chi connectivity index (χ4n) is 3.99. The molecule has 0 bridgehead atoms. The van der Waals surface area contributed by atoms with Gasteiger partial charge in [-0.2, -0.15) is 0 Å². The molecule has 0 radical (unpaired) electrons. The monoisotopic (exact) mass is 496 g/mol. The van der Waals surface area contributed by atoms with Gasteiger partial charge >= 0.3 is 6.09 Å². The first-order chi connectivity index (χ1) is 16.2. The molecule has 3 rings (SSSR count). The molecule has 1 saturated heterocycles. The van der Waals surface area contributed by atoms with Crippen molar-refractivity contribution in [2.24, 2.45) is 5.92 Å². The van der Waals surface area contributed by atoms with Crippen LogP contribution in [0.4, 0.5) is 19.3 Å². The molecule has 0 saturated carbocycles. The Kier molecular flexibility index (Phi) is 8.51. The first kappa shape index (κ1) is 25.5. The van der Waals surface area contributed by atoms with Gasteiger partial charge in [-0.05, 0) is 55.6 Å². The number of hydrogen-bond donors (Lipinski definition) is 4. The first-order valence-corrected chi connectivity index (χ1v) is 11.1. The SMILES string of the molecule is COc1cc(N)c(Cl)cc1C(=O)NCC1CCN(CC(NC(=O)O)c2ccc(F)c(F)c2)CC1. The van der Waals surface area contributed by atoms with E-state index >= 15 is 0 Å². The Labute approximate surface area is 201 Å². The molecule has 2 aromatic rings. The molecule has 184 valence electrons. The van der Waals surface area contributed by atoms with E-state index in [-0.39, 0.29) is 16.8 Å². The fourth-order valence-corrected chi connectivity index (χ4v) is 4.16. The Bertz CT molecular complexity index is 1050. The van der Waals surface area contributed by atoms with Crippen LogP contribution in [0.2, 0.25) is 5.02 Å². The number of hydrogen-bond acceptors (Lipinski definition) is 5. The van der Waals surface area contributed by atoms with Gasteiger partial charge in [0.15, 0.2) is 11.6 Å². The zero-order chi connectivity index (χ0) is 24.8. The number of nitrogens with zero attached hydrogens (tertiary/aromatic N) is 1. The van der Waals surface area contributed by atoms with Gasteiger partial charge in [0.05, 0.1) is 29.4 Å². The summed E-state index contributed by atoms with van der Waals surface area (Å²) in [5, 5.41) is 14.7. The van der Waals surface area contributed by atoms with Gasteiger partial charge in [0, 0.05) is 19.2 Å². The minimum Gasteiger partial charge on any atom is -0.496 e. The Morgan fingerprint density at radius 2 is 1.94 bits per heavy atom. The summed E-state index contributed by atoms with van der Waals surface area (Å²) in [7, 11) is 1.45. The lowest BCUT2D eigenvalue weighted by molar-refractivity contribution is 0.0932. The number of halogens is 3. The molecule has 0 aliphatic carbocycles. The van der Waals surface area contributed by atoms with Crippen molar-refractivity contribution in [3.8, 4) is 5.75 Å². The van der Waals surface area contributed by atoms with E-state index in [1.807, 2.05) is 0 Å². The molecule has 8 nitrogen and oxygen atoms in total. The molecule has 11 heteroatoms. The van der Waals surface area contributed by atoms with E-state index in [1.54, 1.807) is 0 Å². The quantitative estimate of drug-likeness (QED) is 0.414. The maximum Gasteiger partial charge on any atom is 0.405 e. The molecule has 0 spiro atoms. The Balaban J connectivity index is 1.54. The molecular formula is C23H27ClF2N4O4. The zero-order valence-corrected chi connectivity index (χ0v) is 19.4. The second kappa shape index (κ2) is 11.3. The standard InChI is InChI=1S/C23H27ClF2N4O4/c1-34-21-10-19(27)16(24)9-15(21)22(31)28-11-13-4-6-30(7-5-13)12-20(29-23(32)33)14-2-3-17(25)18(26)8-14/h2-3,8-10,13,20,29H,4-7,11-12,27H2,1H3,(H,28,31)(H,32,33). The second-order valence-electron chi connectivity index (χ2n) is 8.20. The van der Waals surface area contributed by atoms with Crippen molar-refractivity contribution < 1.29 is 28.2 Å². The maximum atomic E-state index is 13.6. The molecule has 0 aromatic heterocycles. The highest BCUT2D eigenvalue weighted by Gasteiger charge is 2.25. The summed E-state index contributed by atoms with van der Waals surface area (Å²) >= 11 is 6.04. The third-order valence-corrected chi connectivity index (χ3v) is 6.23. The van der Waals surface area contributed by atoms with Gasteiger partial charge in [-0.15, -0.1) is 0 Å². The highest BCUT2D eigenvalue weighted by Crippen LogP contribution is 2.29. The molecular weight excluding hydrogens is 470 g/mol. The zero-order valence-electron chi connectivity index (χ0n) is 18.6. The number of amides is 2. The topological polar surface area (TPSA) is 117 Å². The van der Waals surface area contributed by atoms with Gasteiger partial charge in [0.2, 0.25) is 0 Å². The molecule has 1 fully saturated rings. The number of nitrogens with one attached hydrogen (secondary N) is 2. The van der Waals surface area contributed by atoms with Gasteiger partial charge in [0.25, 0.3) is 5.91 Å². The lowest BCUT2D eigenvalue weighted by Gasteiger charge is -2.34. The van der Waals surface area contributed by atoms with E-state index in [4.69, 9.17) is 27.2 Å². The van der Waals surface area contributed by atoms with Crippen LogP contribution in [0, 0.1) is 17.6 Å². The number of ether oxygens (including phenoxy) is 1. The molecule has 1 unspecified atom stereocenters. The molecule has 2 aromatic carbocycles. The minimum atomic E-state index is -1.24. The molecule has 1 aliphatic heterocycles. The van der Waals surface area contributed by atoms with Gasteiger partial charge < -0.3 is 31.1 Å². The third kappa shape index (κ3) is 6.48. The van der Waals surface area contributed by atoms with Crippen molar-refractivity contribution in [2.45, 2.75) is 18.9 Å². The number of carboxylic acid groups (broad SMARTS) is 1.